The fourth-order valence-corrected chi connectivity index (χ4v) is 2.31. The van der Waals surface area contributed by atoms with Gasteiger partial charge < -0.3 is 9.84 Å². The van der Waals surface area contributed by atoms with Gasteiger partial charge in [-0.3, -0.25) is 0 Å². The molecule has 0 aromatic rings. The van der Waals surface area contributed by atoms with E-state index in [1.807, 2.05) is 6.92 Å². The highest BCUT2D eigenvalue weighted by Gasteiger charge is 2.42. The maximum atomic E-state index is 10.1. The van der Waals surface area contributed by atoms with Gasteiger partial charge in [0.1, 0.15) is 0 Å². The molecular weight excluding hydrogens is 164 g/mol. The van der Waals surface area contributed by atoms with Crippen LogP contribution in [-0.2, 0) is 4.74 Å². The molecule has 0 spiro atoms. The Kier molecular flexibility index (Phi) is 3.36. The van der Waals surface area contributed by atoms with Crippen molar-refractivity contribution in [3.05, 3.63) is 0 Å². The van der Waals surface area contributed by atoms with Gasteiger partial charge in [0, 0.05) is 5.92 Å². The Morgan fingerprint density at radius 1 is 1.38 bits per heavy atom. The molecule has 4 unspecified atom stereocenters. The minimum atomic E-state index is -0.868. The molecule has 1 aliphatic rings. The van der Waals surface area contributed by atoms with Crippen molar-refractivity contribution in [2.75, 3.05) is 0 Å². The summed E-state index contributed by atoms with van der Waals surface area (Å²) in [6.07, 6.45) is 3.00. The molecule has 4 atom stereocenters. The first-order valence-electron chi connectivity index (χ1n) is 5.43. The van der Waals surface area contributed by atoms with Gasteiger partial charge in [-0.05, 0) is 25.2 Å². The first-order chi connectivity index (χ1) is 6.03. The van der Waals surface area contributed by atoms with Gasteiger partial charge in [-0.15, -0.1) is 0 Å². The van der Waals surface area contributed by atoms with E-state index in [4.69, 9.17) is 4.74 Å². The van der Waals surface area contributed by atoms with Crippen molar-refractivity contribution in [2.45, 2.75) is 58.8 Å². The van der Waals surface area contributed by atoms with E-state index in [2.05, 4.69) is 20.8 Å². The first kappa shape index (κ1) is 11.0. The van der Waals surface area contributed by atoms with E-state index in [0.717, 1.165) is 12.8 Å². The predicted octanol–water partition coefficient (Wildman–Crippen LogP) is 2.56. The highest BCUT2D eigenvalue weighted by atomic mass is 16.6. The van der Waals surface area contributed by atoms with Crippen molar-refractivity contribution in [2.24, 2.45) is 11.8 Å². The van der Waals surface area contributed by atoms with E-state index in [1.165, 1.54) is 0 Å². The van der Waals surface area contributed by atoms with E-state index in [0.29, 0.717) is 12.3 Å². The summed E-state index contributed by atoms with van der Waals surface area (Å²) in [6, 6.07) is 0. The highest BCUT2D eigenvalue weighted by molar-refractivity contribution is 4.84. The van der Waals surface area contributed by atoms with Crippen molar-refractivity contribution in [3.63, 3.8) is 0 Å². The lowest BCUT2D eigenvalue weighted by atomic mass is 9.82. The number of hydrogen-bond acceptors (Lipinski definition) is 2. The van der Waals surface area contributed by atoms with E-state index in [1.54, 1.807) is 0 Å². The van der Waals surface area contributed by atoms with Crippen molar-refractivity contribution >= 4 is 0 Å². The average molecular weight is 186 g/mol. The van der Waals surface area contributed by atoms with Crippen molar-refractivity contribution in [3.8, 4) is 0 Å². The molecule has 78 valence electrons. The number of ether oxygens (including phenoxy) is 1. The smallest absolute Gasteiger partial charge is 0.168 e. The van der Waals surface area contributed by atoms with Gasteiger partial charge >= 0.3 is 0 Å². The molecule has 1 rings (SSSR count). The third-order valence-electron chi connectivity index (χ3n) is 3.39. The Morgan fingerprint density at radius 2 is 2.00 bits per heavy atom. The van der Waals surface area contributed by atoms with Crippen LogP contribution in [-0.4, -0.2) is 17.0 Å². The summed E-state index contributed by atoms with van der Waals surface area (Å²) in [4.78, 5) is 0. The quantitative estimate of drug-likeness (QED) is 0.718. The molecule has 1 saturated heterocycles. The topological polar surface area (TPSA) is 29.5 Å². The number of rotatable bonds is 2. The zero-order valence-corrected chi connectivity index (χ0v) is 9.21. The Labute approximate surface area is 81.3 Å². The Morgan fingerprint density at radius 3 is 2.46 bits per heavy atom. The summed E-state index contributed by atoms with van der Waals surface area (Å²) in [5, 5.41) is 10.1. The molecular formula is C11H22O2. The third-order valence-corrected chi connectivity index (χ3v) is 3.39. The van der Waals surface area contributed by atoms with Crippen LogP contribution in [0.1, 0.15) is 47.0 Å². The van der Waals surface area contributed by atoms with Gasteiger partial charge in [0.15, 0.2) is 5.79 Å². The number of aliphatic hydroxyl groups is 1. The van der Waals surface area contributed by atoms with Crippen molar-refractivity contribution < 1.29 is 9.84 Å². The van der Waals surface area contributed by atoms with Crippen LogP contribution < -0.4 is 0 Å². The molecule has 1 aliphatic heterocycles. The monoisotopic (exact) mass is 186 g/mol. The molecule has 0 amide bonds. The zero-order chi connectivity index (χ0) is 10.1. The molecule has 1 heterocycles. The van der Waals surface area contributed by atoms with Gasteiger partial charge in [0.05, 0.1) is 6.10 Å². The second-order valence-electron chi connectivity index (χ2n) is 4.38. The minimum absolute atomic E-state index is 0.237. The lowest BCUT2D eigenvalue weighted by Gasteiger charge is -2.44. The van der Waals surface area contributed by atoms with Crippen molar-refractivity contribution in [1.82, 2.24) is 0 Å². The molecule has 0 radical (unpaired) electrons. The summed E-state index contributed by atoms with van der Waals surface area (Å²) in [7, 11) is 0. The molecule has 0 bridgehead atoms. The molecule has 1 fully saturated rings. The van der Waals surface area contributed by atoms with Crippen LogP contribution in [0.15, 0.2) is 0 Å². The number of hydrogen-bond donors (Lipinski definition) is 1. The summed E-state index contributed by atoms with van der Waals surface area (Å²) in [5.74, 6) is -0.0326. The molecule has 0 saturated carbocycles. The highest BCUT2D eigenvalue weighted by Crippen LogP contribution is 2.38. The van der Waals surface area contributed by atoms with Crippen LogP contribution in [0.25, 0.3) is 0 Å². The van der Waals surface area contributed by atoms with Crippen LogP contribution in [0, 0.1) is 11.8 Å². The summed E-state index contributed by atoms with van der Waals surface area (Å²) >= 11 is 0. The lowest BCUT2D eigenvalue weighted by molar-refractivity contribution is -0.293. The van der Waals surface area contributed by atoms with E-state index >= 15 is 0 Å². The maximum absolute atomic E-state index is 10.1. The summed E-state index contributed by atoms with van der Waals surface area (Å²) in [6.45, 7) is 8.39. The van der Waals surface area contributed by atoms with E-state index < -0.39 is 5.79 Å². The second-order valence-corrected chi connectivity index (χ2v) is 4.38. The van der Waals surface area contributed by atoms with Gasteiger partial charge in [-0.25, -0.2) is 0 Å². The van der Waals surface area contributed by atoms with Crippen LogP contribution in [0.5, 0.6) is 0 Å². The van der Waals surface area contributed by atoms with Gasteiger partial charge in [0.25, 0.3) is 0 Å². The second kappa shape index (κ2) is 3.97. The lowest BCUT2D eigenvalue weighted by Crippen LogP contribution is -2.49. The van der Waals surface area contributed by atoms with Crippen LogP contribution >= 0.6 is 0 Å². The fraction of sp³-hybridized carbons (Fsp3) is 1.00. The molecule has 1 N–H and O–H groups in total. The minimum Gasteiger partial charge on any atom is -0.365 e. The zero-order valence-electron chi connectivity index (χ0n) is 9.21. The molecule has 2 heteroatoms. The molecule has 13 heavy (non-hydrogen) atoms. The van der Waals surface area contributed by atoms with Crippen molar-refractivity contribution in [1.29, 1.82) is 0 Å². The maximum Gasteiger partial charge on any atom is 0.168 e. The normalized spacial score (nSPS) is 46.4. The van der Waals surface area contributed by atoms with E-state index in [9.17, 15) is 5.11 Å². The fourth-order valence-electron chi connectivity index (χ4n) is 2.31. The predicted molar refractivity (Wildman–Crippen MR) is 53.3 cm³/mol. The Balaban J connectivity index is 2.69. The Bertz CT molecular complexity index is 169. The SMILES string of the molecule is CCC1OC(O)(CC)C(C)CC1C. The average Bonchev–Trinajstić information content (AvgIpc) is 2.11. The van der Waals surface area contributed by atoms with Crippen LogP contribution in [0.3, 0.4) is 0 Å². The van der Waals surface area contributed by atoms with Gasteiger partial charge in [-0.1, -0.05) is 27.7 Å². The van der Waals surface area contributed by atoms with Crippen LogP contribution in [0.4, 0.5) is 0 Å². The first-order valence-corrected chi connectivity index (χ1v) is 5.43. The molecule has 0 aliphatic carbocycles. The van der Waals surface area contributed by atoms with E-state index in [-0.39, 0.29) is 12.0 Å². The third kappa shape index (κ3) is 2.05. The van der Waals surface area contributed by atoms with Gasteiger partial charge in [0.2, 0.25) is 0 Å². The summed E-state index contributed by atoms with van der Waals surface area (Å²) < 4.78 is 5.75. The molecule has 0 aromatic heterocycles. The largest absolute Gasteiger partial charge is 0.365 e. The molecule has 2 nitrogen and oxygen atoms in total. The van der Waals surface area contributed by atoms with Crippen LogP contribution in [0.2, 0.25) is 0 Å². The molecule has 0 aromatic carbocycles. The van der Waals surface area contributed by atoms with Gasteiger partial charge in [-0.2, -0.15) is 0 Å². The standard InChI is InChI=1S/C11H22O2/c1-5-10-8(3)7-9(4)11(12,6-2)13-10/h8-10,12H,5-7H2,1-4H3. The Hall–Kier alpha value is -0.0800. The summed E-state index contributed by atoms with van der Waals surface area (Å²) in [5.41, 5.74) is 0.